The molecule has 0 spiro atoms. The maximum absolute atomic E-state index is 12.9. The molecule has 0 radical (unpaired) electrons. The van der Waals surface area contributed by atoms with E-state index in [-0.39, 0.29) is 12.2 Å². The molecule has 0 bridgehead atoms. The lowest BCUT2D eigenvalue weighted by molar-refractivity contribution is -0.124. The van der Waals surface area contributed by atoms with E-state index in [4.69, 9.17) is 14.9 Å². The van der Waals surface area contributed by atoms with Crippen molar-refractivity contribution in [2.75, 3.05) is 6.61 Å². The summed E-state index contributed by atoms with van der Waals surface area (Å²) in [7, 11) is 0. The Morgan fingerprint density at radius 1 is 1.34 bits per heavy atom. The van der Waals surface area contributed by atoms with Crippen LogP contribution in [0, 0.1) is 12.7 Å². The van der Waals surface area contributed by atoms with Crippen LogP contribution in [0.2, 0.25) is 0 Å². The number of nitrogens with zero attached hydrogens (tertiary/aromatic N) is 1. The first-order valence-electron chi connectivity index (χ1n) is 8.73. The summed E-state index contributed by atoms with van der Waals surface area (Å²) in [5.41, 5.74) is 4.84. The molecule has 0 aliphatic rings. The molecule has 1 aromatic carbocycles. The van der Waals surface area contributed by atoms with Gasteiger partial charge in [0, 0.05) is 5.39 Å². The highest BCUT2D eigenvalue weighted by Crippen LogP contribution is 2.29. The molecule has 29 heavy (non-hydrogen) atoms. The van der Waals surface area contributed by atoms with Crippen molar-refractivity contribution in [3.05, 3.63) is 59.4 Å². The minimum atomic E-state index is -1.62. The molecule has 8 nitrogen and oxygen atoms in total. The summed E-state index contributed by atoms with van der Waals surface area (Å²) in [5.74, 6) is -1.15. The number of hydrogen-bond acceptors (Lipinski definition) is 6. The van der Waals surface area contributed by atoms with Gasteiger partial charge in [-0.25, -0.2) is 4.39 Å². The van der Waals surface area contributed by atoms with Gasteiger partial charge in [0.15, 0.2) is 0 Å². The van der Waals surface area contributed by atoms with Crippen LogP contribution in [0.1, 0.15) is 28.7 Å². The van der Waals surface area contributed by atoms with Crippen molar-refractivity contribution in [3.63, 3.8) is 0 Å². The lowest BCUT2D eigenvalue weighted by atomic mass is 10.0. The van der Waals surface area contributed by atoms with Gasteiger partial charge < -0.3 is 25.3 Å². The van der Waals surface area contributed by atoms with Crippen molar-refractivity contribution < 1.29 is 28.2 Å². The van der Waals surface area contributed by atoms with Crippen LogP contribution in [-0.2, 0) is 11.4 Å². The Hall–Kier alpha value is -3.46. The minimum absolute atomic E-state index is 0.106. The molecule has 0 aliphatic heterocycles. The molecule has 0 saturated carbocycles. The van der Waals surface area contributed by atoms with Gasteiger partial charge in [0.25, 0.3) is 5.91 Å². The number of hydrogen-bond donors (Lipinski definition) is 3. The van der Waals surface area contributed by atoms with Gasteiger partial charge in [-0.15, -0.1) is 0 Å². The molecular weight excluding hydrogens is 381 g/mol. The maximum Gasteiger partial charge on any atom is 0.256 e. The first kappa shape index (κ1) is 20.3. The summed E-state index contributed by atoms with van der Waals surface area (Å²) in [4.78, 5) is 28.3. The number of aromatic nitrogens is 1. The second-order valence-corrected chi connectivity index (χ2v) is 6.76. The number of amides is 2. The van der Waals surface area contributed by atoms with Crippen LogP contribution < -0.4 is 15.8 Å². The highest BCUT2D eigenvalue weighted by Gasteiger charge is 2.34. The van der Waals surface area contributed by atoms with Gasteiger partial charge in [0.2, 0.25) is 5.91 Å². The van der Waals surface area contributed by atoms with Crippen LogP contribution in [-0.4, -0.2) is 34.1 Å². The van der Waals surface area contributed by atoms with E-state index in [1.165, 1.54) is 19.1 Å². The molecule has 3 rings (SSSR count). The zero-order chi connectivity index (χ0) is 21.2. The highest BCUT2D eigenvalue weighted by atomic mass is 19.1. The second kappa shape index (κ2) is 7.88. The molecule has 2 heterocycles. The van der Waals surface area contributed by atoms with E-state index in [2.05, 4.69) is 10.3 Å². The molecule has 2 amide bonds. The van der Waals surface area contributed by atoms with Crippen molar-refractivity contribution in [1.82, 2.24) is 10.3 Å². The Bertz CT molecular complexity index is 1060. The Morgan fingerprint density at radius 3 is 2.72 bits per heavy atom. The molecule has 9 heteroatoms. The number of carbonyl (C=O) groups excluding carboxylic acids is 2. The number of halogens is 1. The molecule has 1 atom stereocenters. The Labute approximate surface area is 165 Å². The van der Waals surface area contributed by atoms with E-state index >= 15 is 0 Å². The SMILES string of the molecule is Cc1oc2ccc(OCc3ccc(F)cn3)cc2c1C(=O)NC(C)(CO)C(N)=O. The van der Waals surface area contributed by atoms with E-state index in [0.29, 0.717) is 28.2 Å². The third-order valence-electron chi connectivity index (χ3n) is 4.49. The van der Waals surface area contributed by atoms with Gasteiger partial charge in [0.1, 0.15) is 35.1 Å². The van der Waals surface area contributed by atoms with Crippen molar-refractivity contribution in [1.29, 1.82) is 0 Å². The fourth-order valence-corrected chi connectivity index (χ4v) is 2.71. The summed E-state index contributed by atoms with van der Waals surface area (Å²) >= 11 is 0. The molecule has 3 aromatic rings. The number of fused-ring (bicyclic) bond motifs is 1. The number of benzene rings is 1. The number of primary amides is 1. The first-order valence-corrected chi connectivity index (χ1v) is 8.73. The number of rotatable bonds is 7. The predicted octanol–water partition coefficient (Wildman–Crippen LogP) is 1.82. The average Bonchev–Trinajstić information content (AvgIpc) is 3.02. The van der Waals surface area contributed by atoms with Crippen LogP contribution in [0.25, 0.3) is 11.0 Å². The standard InChI is InChI=1S/C20H20FN3O5/c1-11-17(18(26)24-20(2,10-25)19(22)27)15-7-14(5-6-16(15)29-11)28-9-13-4-3-12(21)8-23-13/h3-8,25H,9-10H2,1-2H3,(H2,22,27)(H,24,26). The monoisotopic (exact) mass is 401 g/mol. The van der Waals surface area contributed by atoms with Crippen LogP contribution in [0.5, 0.6) is 5.75 Å². The van der Waals surface area contributed by atoms with Gasteiger partial charge in [-0.2, -0.15) is 0 Å². The van der Waals surface area contributed by atoms with Crippen LogP contribution >= 0.6 is 0 Å². The largest absolute Gasteiger partial charge is 0.487 e. The summed E-state index contributed by atoms with van der Waals surface area (Å²) in [6.07, 6.45) is 1.10. The first-order chi connectivity index (χ1) is 13.7. The van der Waals surface area contributed by atoms with Gasteiger partial charge >= 0.3 is 0 Å². The third kappa shape index (κ3) is 4.19. The molecule has 152 valence electrons. The molecule has 4 N–H and O–H groups in total. The Balaban J connectivity index is 1.87. The van der Waals surface area contributed by atoms with Crippen molar-refractivity contribution in [2.24, 2.45) is 5.73 Å². The number of furan rings is 1. The molecule has 0 saturated heterocycles. The Morgan fingerprint density at radius 2 is 2.10 bits per heavy atom. The maximum atomic E-state index is 12.9. The van der Waals surface area contributed by atoms with Crippen LogP contribution in [0.3, 0.4) is 0 Å². The molecule has 2 aromatic heterocycles. The summed E-state index contributed by atoms with van der Waals surface area (Å²) in [5, 5.41) is 12.4. The topological polar surface area (TPSA) is 128 Å². The number of nitrogens with one attached hydrogen (secondary N) is 1. The number of carbonyl (C=O) groups is 2. The van der Waals surface area contributed by atoms with Crippen molar-refractivity contribution in [3.8, 4) is 5.75 Å². The fraction of sp³-hybridized carbons (Fsp3) is 0.250. The number of aliphatic hydroxyl groups is 1. The van der Waals surface area contributed by atoms with Gasteiger partial charge in [-0.05, 0) is 44.2 Å². The normalized spacial score (nSPS) is 13.1. The average molecular weight is 401 g/mol. The summed E-state index contributed by atoms with van der Waals surface area (Å²) < 4.78 is 24.2. The highest BCUT2D eigenvalue weighted by molar-refractivity contribution is 6.09. The number of pyridine rings is 1. The number of nitrogens with two attached hydrogens (primary N) is 1. The minimum Gasteiger partial charge on any atom is -0.487 e. The van der Waals surface area contributed by atoms with Crippen LogP contribution in [0.15, 0.2) is 40.9 Å². The lowest BCUT2D eigenvalue weighted by Gasteiger charge is -2.24. The van der Waals surface area contributed by atoms with E-state index in [1.54, 1.807) is 25.1 Å². The van der Waals surface area contributed by atoms with E-state index in [0.717, 1.165) is 6.20 Å². The predicted molar refractivity (Wildman–Crippen MR) is 102 cm³/mol. The number of aliphatic hydroxyl groups excluding tert-OH is 1. The summed E-state index contributed by atoms with van der Waals surface area (Å²) in [6.45, 7) is 2.39. The van der Waals surface area contributed by atoms with Gasteiger partial charge in [-0.3, -0.25) is 14.6 Å². The van der Waals surface area contributed by atoms with Gasteiger partial charge in [-0.1, -0.05) is 0 Å². The smallest absolute Gasteiger partial charge is 0.256 e. The quantitative estimate of drug-likeness (QED) is 0.554. The van der Waals surface area contributed by atoms with Gasteiger partial charge in [0.05, 0.1) is 24.1 Å². The molecule has 0 aliphatic carbocycles. The van der Waals surface area contributed by atoms with Crippen LogP contribution in [0.4, 0.5) is 4.39 Å². The molecule has 0 fully saturated rings. The van der Waals surface area contributed by atoms with Crippen molar-refractivity contribution in [2.45, 2.75) is 26.0 Å². The second-order valence-electron chi connectivity index (χ2n) is 6.76. The van der Waals surface area contributed by atoms with E-state index < -0.39 is 29.8 Å². The zero-order valence-corrected chi connectivity index (χ0v) is 15.9. The lowest BCUT2D eigenvalue weighted by Crippen LogP contribution is -2.57. The molecule has 1 unspecified atom stereocenters. The number of ether oxygens (including phenoxy) is 1. The zero-order valence-electron chi connectivity index (χ0n) is 15.9. The molecular formula is C20H20FN3O5. The van der Waals surface area contributed by atoms with E-state index in [1.807, 2.05) is 0 Å². The number of aryl methyl sites for hydroxylation is 1. The fourth-order valence-electron chi connectivity index (χ4n) is 2.71. The Kier molecular flexibility index (Phi) is 5.51. The third-order valence-corrected chi connectivity index (χ3v) is 4.49. The van der Waals surface area contributed by atoms with Crippen molar-refractivity contribution >= 4 is 22.8 Å². The van der Waals surface area contributed by atoms with E-state index in [9.17, 15) is 19.1 Å². The summed E-state index contributed by atoms with van der Waals surface area (Å²) in [6, 6.07) is 7.72.